The molecule has 11 heteroatoms. The number of ether oxygens (including phenoxy) is 2. The number of aromatic nitrogens is 3. The van der Waals surface area contributed by atoms with Gasteiger partial charge in [-0.15, -0.1) is 0 Å². The normalized spacial score (nSPS) is 17.3. The number of hydrogen-bond donors (Lipinski definition) is 3. The van der Waals surface area contributed by atoms with Gasteiger partial charge in [0, 0.05) is 43.4 Å². The molecule has 1 aromatic carbocycles. The van der Waals surface area contributed by atoms with Gasteiger partial charge in [0.2, 0.25) is 11.8 Å². The molecule has 0 saturated carbocycles. The molecule has 0 aliphatic carbocycles. The first-order valence-corrected chi connectivity index (χ1v) is 12.2. The van der Waals surface area contributed by atoms with Crippen LogP contribution in [0.15, 0.2) is 49.1 Å². The number of rotatable bonds is 3. The van der Waals surface area contributed by atoms with E-state index >= 15 is 0 Å². The van der Waals surface area contributed by atoms with Crippen LogP contribution in [0.5, 0.6) is 11.5 Å². The van der Waals surface area contributed by atoms with Crippen LogP contribution < -0.4 is 20.1 Å². The lowest BCUT2D eigenvalue weighted by Gasteiger charge is -2.25. The summed E-state index contributed by atoms with van der Waals surface area (Å²) < 4.78 is 13.4. The van der Waals surface area contributed by atoms with Crippen molar-refractivity contribution in [2.75, 3.05) is 33.4 Å². The first kappa shape index (κ1) is 25.8. The van der Waals surface area contributed by atoms with Crippen LogP contribution in [0.3, 0.4) is 0 Å². The maximum absolute atomic E-state index is 13.1. The van der Waals surface area contributed by atoms with E-state index in [1.165, 1.54) is 4.90 Å². The highest BCUT2D eigenvalue weighted by Gasteiger charge is 2.27. The van der Waals surface area contributed by atoms with E-state index in [2.05, 4.69) is 20.6 Å². The Morgan fingerprint density at radius 2 is 2.05 bits per heavy atom. The summed E-state index contributed by atoms with van der Waals surface area (Å²) in [6, 6.07) is 6.40. The molecule has 0 spiro atoms. The number of carbonyl (C=O) groups excluding carboxylic acids is 3. The average molecular weight is 509 g/mol. The van der Waals surface area contributed by atoms with Crippen LogP contribution in [0.1, 0.15) is 24.2 Å². The largest absolute Gasteiger partial charge is 0.493 e. The second-order valence-corrected chi connectivity index (χ2v) is 9.06. The highest BCUT2D eigenvalue weighted by molar-refractivity contribution is 5.97. The van der Waals surface area contributed by atoms with Crippen molar-refractivity contribution in [3.8, 4) is 22.9 Å². The maximum atomic E-state index is 13.1. The number of nitrogens with zero attached hydrogens (tertiary/aromatic N) is 3. The van der Waals surface area contributed by atoms with Crippen LogP contribution in [-0.2, 0) is 16.1 Å². The van der Waals surface area contributed by atoms with E-state index in [4.69, 9.17) is 9.47 Å². The van der Waals surface area contributed by atoms with Crippen LogP contribution in [0.4, 0.5) is 0 Å². The first-order chi connectivity index (χ1) is 17.9. The van der Waals surface area contributed by atoms with Crippen LogP contribution in [0.25, 0.3) is 11.4 Å². The van der Waals surface area contributed by atoms with Gasteiger partial charge in [-0.2, -0.15) is 0 Å². The SMILES string of the molecule is COc1ccc2cc1OCCN(C(=O)c1cc[nH]c1)CC(=O)N[C@H](C(C)C)C(=O)NCCn1ccnc1-2. The molecule has 0 unspecified atom stereocenters. The zero-order valence-electron chi connectivity index (χ0n) is 21.2. The third kappa shape index (κ3) is 6.11. The molecule has 2 aromatic heterocycles. The molecule has 1 aliphatic heterocycles. The van der Waals surface area contributed by atoms with Gasteiger partial charge >= 0.3 is 0 Å². The molecule has 11 nitrogen and oxygen atoms in total. The van der Waals surface area contributed by atoms with Gasteiger partial charge in [-0.1, -0.05) is 13.8 Å². The Hall–Kier alpha value is -4.28. The number of hydrogen-bond acceptors (Lipinski definition) is 6. The van der Waals surface area contributed by atoms with E-state index in [1.54, 1.807) is 37.8 Å². The fraction of sp³-hybridized carbons (Fsp3) is 0.385. The summed E-state index contributed by atoms with van der Waals surface area (Å²) in [4.78, 5) is 47.8. The number of H-pyrrole nitrogens is 1. The van der Waals surface area contributed by atoms with Crippen molar-refractivity contribution in [2.24, 2.45) is 5.92 Å². The number of benzene rings is 1. The molecule has 196 valence electrons. The Labute approximate surface area is 215 Å². The van der Waals surface area contributed by atoms with Crippen LogP contribution in [0, 0.1) is 5.92 Å². The second-order valence-electron chi connectivity index (χ2n) is 9.06. The number of imidazole rings is 1. The molecule has 0 radical (unpaired) electrons. The topological polar surface area (TPSA) is 131 Å². The summed E-state index contributed by atoms with van der Waals surface area (Å²) in [6.45, 7) is 4.58. The molecule has 3 aromatic rings. The molecule has 3 N–H and O–H groups in total. The number of methoxy groups -OCH3 is 1. The van der Waals surface area contributed by atoms with Crippen molar-refractivity contribution in [1.29, 1.82) is 0 Å². The van der Waals surface area contributed by atoms with Gasteiger partial charge in [-0.05, 0) is 30.2 Å². The minimum Gasteiger partial charge on any atom is -0.493 e. The van der Waals surface area contributed by atoms with Gasteiger partial charge in [0.15, 0.2) is 11.5 Å². The van der Waals surface area contributed by atoms with Crippen molar-refractivity contribution in [1.82, 2.24) is 30.1 Å². The van der Waals surface area contributed by atoms with E-state index in [0.717, 1.165) is 5.56 Å². The van der Waals surface area contributed by atoms with Gasteiger partial charge < -0.3 is 34.6 Å². The lowest BCUT2D eigenvalue weighted by atomic mass is 10.0. The smallest absolute Gasteiger partial charge is 0.255 e. The van der Waals surface area contributed by atoms with E-state index < -0.39 is 11.9 Å². The molecule has 3 amide bonds. The van der Waals surface area contributed by atoms with Crippen LogP contribution in [0.2, 0.25) is 0 Å². The minimum atomic E-state index is -0.745. The predicted molar refractivity (Wildman–Crippen MR) is 136 cm³/mol. The summed E-state index contributed by atoms with van der Waals surface area (Å²) in [6.07, 6.45) is 6.75. The zero-order chi connectivity index (χ0) is 26.4. The van der Waals surface area contributed by atoms with Crippen molar-refractivity contribution >= 4 is 17.7 Å². The van der Waals surface area contributed by atoms with E-state index in [-0.39, 0.29) is 37.4 Å². The number of carbonyl (C=O) groups is 3. The number of fused-ring (bicyclic) bond motifs is 4. The lowest BCUT2D eigenvalue weighted by molar-refractivity contribution is -0.130. The number of aromatic amines is 1. The van der Waals surface area contributed by atoms with Crippen molar-refractivity contribution < 1.29 is 23.9 Å². The fourth-order valence-electron chi connectivity index (χ4n) is 4.17. The van der Waals surface area contributed by atoms with Crippen molar-refractivity contribution in [3.05, 3.63) is 54.6 Å². The van der Waals surface area contributed by atoms with Gasteiger partial charge in [0.05, 0.1) is 25.8 Å². The first-order valence-electron chi connectivity index (χ1n) is 12.2. The summed E-state index contributed by atoms with van der Waals surface area (Å²) in [5, 5.41) is 5.70. The van der Waals surface area contributed by atoms with Gasteiger partial charge in [-0.25, -0.2) is 4.98 Å². The van der Waals surface area contributed by atoms with Crippen LogP contribution in [-0.4, -0.2) is 76.5 Å². The Bertz CT molecular complexity index is 1240. The summed E-state index contributed by atoms with van der Waals surface area (Å²) in [7, 11) is 1.55. The molecular weight excluding hydrogens is 476 g/mol. The maximum Gasteiger partial charge on any atom is 0.255 e. The summed E-state index contributed by atoms with van der Waals surface area (Å²) in [5.74, 6) is 0.543. The van der Waals surface area contributed by atoms with Gasteiger partial charge in [0.25, 0.3) is 5.91 Å². The molecule has 2 bridgehead atoms. The van der Waals surface area contributed by atoms with E-state index in [1.807, 2.05) is 36.7 Å². The molecule has 1 atom stereocenters. The Morgan fingerprint density at radius 1 is 1.22 bits per heavy atom. The third-order valence-electron chi connectivity index (χ3n) is 6.14. The Kier molecular flexibility index (Phi) is 8.11. The standard InChI is InChI=1S/C26H32N6O5/c1-17(2)23-25(34)29-9-11-31-10-8-28-24(31)18-4-5-20(36-3)21(14-18)37-13-12-32(16-22(33)30-23)26(35)19-6-7-27-15-19/h4-8,10,14-15,17,23,27H,9,11-13,16H2,1-3H3,(H,29,34)(H,30,33)/t23-/m1/s1. The molecule has 3 heterocycles. The fourth-order valence-corrected chi connectivity index (χ4v) is 4.17. The van der Waals surface area contributed by atoms with Crippen molar-refractivity contribution in [2.45, 2.75) is 26.4 Å². The quantitative estimate of drug-likeness (QED) is 0.494. The Morgan fingerprint density at radius 3 is 2.78 bits per heavy atom. The van der Waals surface area contributed by atoms with Gasteiger partial charge in [-0.3, -0.25) is 14.4 Å². The van der Waals surface area contributed by atoms with E-state index in [0.29, 0.717) is 36.0 Å². The zero-order valence-corrected chi connectivity index (χ0v) is 21.2. The molecule has 0 saturated heterocycles. The third-order valence-corrected chi connectivity index (χ3v) is 6.14. The second kappa shape index (κ2) is 11.6. The molecule has 37 heavy (non-hydrogen) atoms. The molecule has 4 rings (SSSR count). The van der Waals surface area contributed by atoms with Gasteiger partial charge in [0.1, 0.15) is 18.5 Å². The molecule has 1 aliphatic rings. The summed E-state index contributed by atoms with van der Waals surface area (Å²) in [5.41, 5.74) is 1.23. The monoisotopic (exact) mass is 508 g/mol. The predicted octanol–water partition coefficient (Wildman–Crippen LogP) is 1.68. The molecule has 0 fully saturated rings. The molecular formula is C26H32N6O5. The average Bonchev–Trinajstić information content (AvgIpc) is 3.58. The minimum absolute atomic E-state index is 0.117. The lowest BCUT2D eigenvalue weighted by Crippen LogP contribution is -2.53. The summed E-state index contributed by atoms with van der Waals surface area (Å²) >= 11 is 0. The van der Waals surface area contributed by atoms with Crippen LogP contribution >= 0.6 is 0 Å². The highest BCUT2D eigenvalue weighted by Crippen LogP contribution is 2.32. The number of amides is 3. The van der Waals surface area contributed by atoms with Crippen molar-refractivity contribution in [3.63, 3.8) is 0 Å². The van der Waals surface area contributed by atoms with E-state index in [9.17, 15) is 14.4 Å². The Balaban J connectivity index is 1.65. The number of nitrogens with one attached hydrogen (secondary N) is 3. The highest BCUT2D eigenvalue weighted by atomic mass is 16.5.